The van der Waals surface area contributed by atoms with Crippen molar-refractivity contribution < 1.29 is 37.3 Å². The summed E-state index contributed by atoms with van der Waals surface area (Å²) in [5.41, 5.74) is -0.610. The van der Waals surface area contributed by atoms with Crippen molar-refractivity contribution in [2.45, 2.75) is 108 Å². The quantitative estimate of drug-likeness (QED) is 0.467. The van der Waals surface area contributed by atoms with Crippen LogP contribution < -0.4 is 0 Å². The third-order valence-electron chi connectivity index (χ3n) is 10.5. The first kappa shape index (κ1) is 25.4. The minimum absolute atomic E-state index is 0.0216. The van der Waals surface area contributed by atoms with Crippen molar-refractivity contribution in [2.24, 2.45) is 35.0 Å². The smallest absolute Gasteiger partial charge is 0.312 e. The second-order valence-electron chi connectivity index (χ2n) is 12.9. The van der Waals surface area contributed by atoms with Gasteiger partial charge in [-0.15, -0.1) is 0 Å². The number of ether oxygens (including phenoxy) is 5. The SMILES string of the molecule is CC1CC2(C(=O)OCC3COC4(O3)C(C)CC3CCCC4C3)CCCC(C2)C12OCCC(F)(F)CO2. The molecule has 4 aliphatic carbocycles. The monoisotopic (exact) mass is 512 g/mol. The van der Waals surface area contributed by atoms with Gasteiger partial charge in [-0.25, -0.2) is 8.78 Å². The summed E-state index contributed by atoms with van der Waals surface area (Å²) in [4.78, 5) is 13.6. The first-order valence-electron chi connectivity index (χ1n) is 14.3. The Balaban J connectivity index is 1.10. The number of hydrogen-bond donors (Lipinski definition) is 0. The van der Waals surface area contributed by atoms with Crippen molar-refractivity contribution in [3.05, 3.63) is 0 Å². The molecule has 36 heavy (non-hydrogen) atoms. The maximum atomic E-state index is 14.0. The van der Waals surface area contributed by atoms with Gasteiger partial charge in [-0.05, 0) is 50.9 Å². The molecule has 0 aromatic heterocycles. The molecule has 9 atom stereocenters. The van der Waals surface area contributed by atoms with Gasteiger partial charge in [0.1, 0.15) is 19.3 Å². The van der Waals surface area contributed by atoms with Crippen molar-refractivity contribution in [3.8, 4) is 0 Å². The summed E-state index contributed by atoms with van der Waals surface area (Å²) in [7, 11) is 0. The lowest BCUT2D eigenvalue weighted by Crippen LogP contribution is -2.59. The molecule has 204 valence electrons. The number of esters is 1. The van der Waals surface area contributed by atoms with E-state index in [4.69, 9.17) is 23.7 Å². The number of carbonyl (C=O) groups is 1. The average molecular weight is 513 g/mol. The fourth-order valence-corrected chi connectivity index (χ4v) is 8.87. The summed E-state index contributed by atoms with van der Waals surface area (Å²) >= 11 is 0. The van der Waals surface area contributed by atoms with Gasteiger partial charge >= 0.3 is 5.97 Å². The molecular weight excluding hydrogens is 470 g/mol. The van der Waals surface area contributed by atoms with Gasteiger partial charge in [-0.2, -0.15) is 0 Å². The Bertz CT molecular complexity index is 848. The second kappa shape index (κ2) is 9.13. The van der Waals surface area contributed by atoms with Crippen LogP contribution in [-0.2, 0) is 28.5 Å². The van der Waals surface area contributed by atoms with Crippen molar-refractivity contribution in [2.75, 3.05) is 26.4 Å². The van der Waals surface area contributed by atoms with Gasteiger partial charge in [-0.1, -0.05) is 33.1 Å². The standard InChI is InChI=1S/C28H42F2O6/c1-18-11-20-5-3-6-21(12-20)28(18)34-16-23(36-28)15-32-24(31)25-8-4-7-22(14-25)27(19(2)13-25)33-10-9-26(29,30)17-35-27/h18-23H,3-17H2,1-2H3. The Kier molecular flexibility index (Phi) is 6.45. The minimum Gasteiger partial charge on any atom is -0.462 e. The summed E-state index contributed by atoms with van der Waals surface area (Å²) in [5.74, 6) is -3.31. The zero-order chi connectivity index (χ0) is 25.2. The Morgan fingerprint density at radius 1 is 0.917 bits per heavy atom. The van der Waals surface area contributed by atoms with Crippen LogP contribution in [0.3, 0.4) is 0 Å². The lowest BCUT2D eigenvalue weighted by Gasteiger charge is -2.55. The number of carbonyl (C=O) groups excluding carboxylic acids is 1. The molecule has 4 bridgehead atoms. The largest absolute Gasteiger partial charge is 0.462 e. The lowest BCUT2D eigenvalue weighted by molar-refractivity contribution is -0.319. The van der Waals surface area contributed by atoms with Crippen molar-refractivity contribution in [3.63, 3.8) is 0 Å². The topological polar surface area (TPSA) is 63.2 Å². The van der Waals surface area contributed by atoms with Crippen LogP contribution in [0.1, 0.15) is 84.5 Å². The third-order valence-corrected chi connectivity index (χ3v) is 10.5. The van der Waals surface area contributed by atoms with Gasteiger partial charge in [0.05, 0.1) is 18.6 Å². The molecule has 0 amide bonds. The van der Waals surface area contributed by atoms with Gasteiger partial charge in [0.25, 0.3) is 5.92 Å². The van der Waals surface area contributed by atoms with Gasteiger partial charge in [0.2, 0.25) is 0 Å². The Hall–Kier alpha value is -0.830. The second-order valence-corrected chi connectivity index (χ2v) is 12.9. The van der Waals surface area contributed by atoms with Crippen LogP contribution in [0.4, 0.5) is 8.78 Å². The van der Waals surface area contributed by atoms with Crippen LogP contribution in [0.25, 0.3) is 0 Å². The van der Waals surface area contributed by atoms with Crippen LogP contribution >= 0.6 is 0 Å². The molecule has 0 aromatic rings. The molecule has 9 unspecified atom stereocenters. The molecule has 0 radical (unpaired) electrons. The molecular formula is C28H42F2O6. The van der Waals surface area contributed by atoms with Crippen LogP contribution in [0.2, 0.25) is 0 Å². The van der Waals surface area contributed by atoms with E-state index in [-0.39, 0.29) is 43.5 Å². The van der Waals surface area contributed by atoms with E-state index < -0.39 is 29.5 Å². The molecule has 0 aromatic carbocycles. The maximum absolute atomic E-state index is 14.0. The first-order chi connectivity index (χ1) is 17.2. The molecule has 0 N–H and O–H groups in total. The van der Waals surface area contributed by atoms with Crippen LogP contribution in [-0.4, -0.2) is 56.0 Å². The van der Waals surface area contributed by atoms with E-state index in [9.17, 15) is 13.6 Å². The predicted octanol–water partition coefficient (Wildman–Crippen LogP) is 5.47. The number of rotatable bonds is 3. The van der Waals surface area contributed by atoms with Gasteiger partial charge in [0, 0.05) is 30.1 Å². The van der Waals surface area contributed by atoms with Crippen molar-refractivity contribution in [1.82, 2.24) is 0 Å². The minimum atomic E-state index is -2.87. The lowest BCUT2D eigenvalue weighted by atomic mass is 9.56. The fourth-order valence-electron chi connectivity index (χ4n) is 8.87. The molecule has 6 aliphatic rings. The molecule has 8 heteroatoms. The van der Waals surface area contributed by atoms with Crippen molar-refractivity contribution in [1.29, 1.82) is 0 Å². The van der Waals surface area contributed by atoms with E-state index >= 15 is 0 Å². The number of fused-ring (bicyclic) bond motifs is 6. The Morgan fingerprint density at radius 2 is 1.75 bits per heavy atom. The molecule has 2 spiro atoms. The highest BCUT2D eigenvalue weighted by Gasteiger charge is 2.62. The first-order valence-corrected chi connectivity index (χ1v) is 14.3. The van der Waals surface area contributed by atoms with E-state index in [1.807, 2.05) is 6.92 Å². The molecule has 6 fully saturated rings. The number of hydrogen-bond acceptors (Lipinski definition) is 6. The molecule has 6 rings (SSSR count). The average Bonchev–Trinajstić information content (AvgIpc) is 3.21. The van der Waals surface area contributed by atoms with E-state index in [0.717, 1.165) is 38.0 Å². The number of halogens is 2. The summed E-state index contributed by atoms with van der Waals surface area (Å²) in [6.45, 7) is 4.24. The summed E-state index contributed by atoms with van der Waals surface area (Å²) in [6.07, 6.45) is 8.95. The zero-order valence-corrected chi connectivity index (χ0v) is 21.8. The van der Waals surface area contributed by atoms with Crippen LogP contribution in [0, 0.1) is 35.0 Å². The summed E-state index contributed by atoms with van der Waals surface area (Å²) in [5, 5.41) is 0. The van der Waals surface area contributed by atoms with Crippen LogP contribution in [0.15, 0.2) is 0 Å². The molecule has 4 saturated carbocycles. The van der Waals surface area contributed by atoms with E-state index in [0.29, 0.717) is 31.3 Å². The van der Waals surface area contributed by atoms with E-state index in [1.165, 1.54) is 19.3 Å². The highest BCUT2D eigenvalue weighted by Crippen LogP contribution is 2.58. The zero-order valence-electron chi connectivity index (χ0n) is 21.8. The maximum Gasteiger partial charge on any atom is 0.312 e. The normalized spacial score (nSPS) is 50.1. The van der Waals surface area contributed by atoms with Gasteiger partial charge < -0.3 is 23.7 Å². The molecule has 2 aliphatic heterocycles. The highest BCUT2D eigenvalue weighted by atomic mass is 19.3. The molecule has 2 saturated heterocycles. The fraction of sp³-hybridized carbons (Fsp3) is 0.964. The third kappa shape index (κ3) is 4.13. The molecule has 2 heterocycles. The molecule has 6 nitrogen and oxygen atoms in total. The van der Waals surface area contributed by atoms with E-state index in [2.05, 4.69) is 6.92 Å². The number of alkyl halides is 2. The predicted molar refractivity (Wildman–Crippen MR) is 126 cm³/mol. The van der Waals surface area contributed by atoms with E-state index in [1.54, 1.807) is 0 Å². The van der Waals surface area contributed by atoms with Gasteiger partial charge in [0.15, 0.2) is 11.6 Å². The summed E-state index contributed by atoms with van der Waals surface area (Å²) in [6, 6.07) is 0. The van der Waals surface area contributed by atoms with Crippen molar-refractivity contribution >= 4 is 5.97 Å². The Labute approximate surface area is 213 Å². The highest BCUT2D eigenvalue weighted by molar-refractivity contribution is 5.77. The summed E-state index contributed by atoms with van der Waals surface area (Å²) < 4.78 is 58.8. The van der Waals surface area contributed by atoms with Crippen LogP contribution in [0.5, 0.6) is 0 Å². The Morgan fingerprint density at radius 3 is 2.61 bits per heavy atom. The van der Waals surface area contributed by atoms with Gasteiger partial charge in [-0.3, -0.25) is 4.79 Å².